The molecule has 0 spiro atoms. The van der Waals surface area contributed by atoms with Crippen molar-refractivity contribution in [1.29, 1.82) is 0 Å². The number of rotatable bonds is 3. The summed E-state index contributed by atoms with van der Waals surface area (Å²) in [5.74, 6) is 0.167. The average molecular weight is 295 g/mol. The molecule has 1 aromatic rings. The molecule has 0 saturated heterocycles. The highest BCUT2D eigenvalue weighted by molar-refractivity contribution is 7.91. The van der Waals surface area contributed by atoms with E-state index in [0.717, 1.165) is 12.0 Å². The van der Waals surface area contributed by atoms with E-state index in [-0.39, 0.29) is 22.7 Å². The van der Waals surface area contributed by atoms with Crippen molar-refractivity contribution in [3.05, 3.63) is 29.8 Å². The van der Waals surface area contributed by atoms with Gasteiger partial charge in [-0.2, -0.15) is 0 Å². The average Bonchev–Trinajstić information content (AvgIpc) is 2.47. The van der Waals surface area contributed by atoms with Crippen LogP contribution in [0.5, 0.6) is 0 Å². The van der Waals surface area contributed by atoms with E-state index in [1.807, 2.05) is 12.1 Å². The van der Waals surface area contributed by atoms with Gasteiger partial charge < -0.3 is 5.32 Å². The molecule has 0 radical (unpaired) electrons. The van der Waals surface area contributed by atoms with Gasteiger partial charge in [-0.25, -0.2) is 8.42 Å². The van der Waals surface area contributed by atoms with Gasteiger partial charge in [-0.1, -0.05) is 39.0 Å². The molecule has 4 heteroatoms. The monoisotopic (exact) mass is 295 g/mol. The molecule has 0 amide bonds. The fourth-order valence-electron chi connectivity index (χ4n) is 3.42. The van der Waals surface area contributed by atoms with Gasteiger partial charge in [0.25, 0.3) is 0 Å². The molecule has 112 valence electrons. The van der Waals surface area contributed by atoms with Crippen molar-refractivity contribution < 1.29 is 8.42 Å². The van der Waals surface area contributed by atoms with Gasteiger partial charge >= 0.3 is 0 Å². The van der Waals surface area contributed by atoms with Crippen molar-refractivity contribution in [3.63, 3.8) is 0 Å². The Morgan fingerprint density at radius 3 is 2.35 bits per heavy atom. The SMILES string of the molecule is CC(C)(C)CC(C)(C)NC1CS(=O)(=O)c2ccccc21. The second kappa shape index (κ2) is 4.85. The summed E-state index contributed by atoms with van der Waals surface area (Å²) in [7, 11) is -3.13. The minimum absolute atomic E-state index is 0.101. The third kappa shape index (κ3) is 3.41. The molecule has 0 saturated carbocycles. The van der Waals surface area contributed by atoms with Gasteiger partial charge in [0.05, 0.1) is 10.6 Å². The normalized spacial score (nSPS) is 21.8. The quantitative estimate of drug-likeness (QED) is 0.930. The fraction of sp³-hybridized carbons (Fsp3) is 0.625. The predicted molar refractivity (Wildman–Crippen MR) is 82.5 cm³/mol. The third-order valence-electron chi connectivity index (χ3n) is 3.55. The summed E-state index contributed by atoms with van der Waals surface area (Å²) < 4.78 is 24.4. The molecular weight excluding hydrogens is 270 g/mol. The molecule has 1 unspecified atom stereocenters. The molecule has 3 nitrogen and oxygen atoms in total. The van der Waals surface area contributed by atoms with Gasteiger partial charge in [0.1, 0.15) is 0 Å². The van der Waals surface area contributed by atoms with E-state index in [1.165, 1.54) is 0 Å². The molecule has 1 heterocycles. The highest BCUT2D eigenvalue weighted by Crippen LogP contribution is 2.36. The maximum Gasteiger partial charge on any atom is 0.180 e. The second-order valence-corrected chi connectivity index (χ2v) is 9.64. The minimum atomic E-state index is -3.13. The zero-order valence-corrected chi connectivity index (χ0v) is 13.8. The summed E-state index contributed by atoms with van der Waals surface area (Å²) in [5, 5.41) is 3.54. The number of fused-ring (bicyclic) bond motifs is 1. The first-order valence-corrected chi connectivity index (χ1v) is 8.75. The number of benzene rings is 1. The Bertz CT molecular complexity index is 597. The van der Waals surface area contributed by atoms with Crippen LogP contribution in [0.15, 0.2) is 29.2 Å². The summed E-state index contributed by atoms with van der Waals surface area (Å²) >= 11 is 0. The minimum Gasteiger partial charge on any atom is -0.304 e. The smallest absolute Gasteiger partial charge is 0.180 e. The van der Waals surface area contributed by atoms with E-state index in [0.29, 0.717) is 4.90 Å². The lowest BCUT2D eigenvalue weighted by atomic mass is 9.81. The predicted octanol–water partition coefficient (Wildman–Crippen LogP) is 3.32. The molecule has 1 aliphatic rings. The maximum atomic E-state index is 12.2. The summed E-state index contributed by atoms with van der Waals surface area (Å²) in [6, 6.07) is 7.23. The van der Waals surface area contributed by atoms with Crippen LogP contribution in [0.4, 0.5) is 0 Å². The van der Waals surface area contributed by atoms with Crippen molar-refractivity contribution in [2.75, 3.05) is 5.75 Å². The number of nitrogens with one attached hydrogen (secondary N) is 1. The Balaban J connectivity index is 2.25. The topological polar surface area (TPSA) is 46.2 Å². The van der Waals surface area contributed by atoms with Crippen LogP contribution in [-0.4, -0.2) is 19.7 Å². The van der Waals surface area contributed by atoms with E-state index in [2.05, 4.69) is 39.9 Å². The Kier molecular flexibility index (Phi) is 3.76. The van der Waals surface area contributed by atoms with Crippen molar-refractivity contribution >= 4 is 9.84 Å². The van der Waals surface area contributed by atoms with Crippen molar-refractivity contribution in [2.24, 2.45) is 5.41 Å². The van der Waals surface area contributed by atoms with E-state index >= 15 is 0 Å². The zero-order valence-electron chi connectivity index (χ0n) is 13.0. The van der Waals surface area contributed by atoms with Crippen LogP contribution < -0.4 is 5.32 Å². The molecule has 0 fully saturated rings. The van der Waals surface area contributed by atoms with Crippen molar-refractivity contribution in [3.8, 4) is 0 Å². The second-order valence-electron chi connectivity index (χ2n) is 7.64. The Morgan fingerprint density at radius 2 is 1.75 bits per heavy atom. The van der Waals surface area contributed by atoms with E-state index < -0.39 is 9.84 Å². The molecule has 0 aliphatic carbocycles. The van der Waals surface area contributed by atoms with E-state index in [1.54, 1.807) is 12.1 Å². The first kappa shape index (κ1) is 15.5. The Morgan fingerprint density at radius 1 is 1.15 bits per heavy atom. The van der Waals surface area contributed by atoms with Crippen LogP contribution in [0, 0.1) is 5.41 Å². The van der Waals surface area contributed by atoms with Crippen LogP contribution in [0.1, 0.15) is 52.6 Å². The van der Waals surface area contributed by atoms with Crippen molar-refractivity contribution in [2.45, 2.75) is 57.5 Å². The van der Waals surface area contributed by atoms with Crippen LogP contribution in [0.2, 0.25) is 0 Å². The molecular formula is C16H25NO2S. The Hall–Kier alpha value is -0.870. The fourth-order valence-corrected chi connectivity index (χ4v) is 5.16. The van der Waals surface area contributed by atoms with Crippen LogP contribution >= 0.6 is 0 Å². The first-order valence-electron chi connectivity index (χ1n) is 7.10. The lowest BCUT2D eigenvalue weighted by Crippen LogP contribution is -2.44. The van der Waals surface area contributed by atoms with Crippen LogP contribution in [-0.2, 0) is 9.84 Å². The van der Waals surface area contributed by atoms with Gasteiger partial charge in [-0.3, -0.25) is 0 Å². The third-order valence-corrected chi connectivity index (χ3v) is 5.37. The summed E-state index contributed by atoms with van der Waals surface area (Å²) in [5.41, 5.74) is 1.01. The van der Waals surface area contributed by atoms with Crippen LogP contribution in [0.25, 0.3) is 0 Å². The molecule has 2 rings (SSSR count). The number of hydrogen-bond donors (Lipinski definition) is 1. The van der Waals surface area contributed by atoms with Crippen molar-refractivity contribution in [1.82, 2.24) is 5.32 Å². The Labute approximate surface area is 122 Å². The largest absolute Gasteiger partial charge is 0.304 e. The van der Waals surface area contributed by atoms with Gasteiger partial charge in [0.15, 0.2) is 9.84 Å². The highest BCUT2D eigenvalue weighted by atomic mass is 32.2. The van der Waals surface area contributed by atoms with Gasteiger partial charge in [0, 0.05) is 11.6 Å². The summed E-state index contributed by atoms with van der Waals surface area (Å²) in [6.45, 7) is 10.9. The number of sulfone groups is 1. The molecule has 0 aromatic heterocycles. The standard InChI is InChI=1S/C16H25NO2S/c1-15(2,3)11-16(4,5)17-13-10-20(18,19)14-9-7-6-8-12(13)14/h6-9,13,17H,10-11H2,1-5H3. The lowest BCUT2D eigenvalue weighted by Gasteiger charge is -2.35. The number of hydrogen-bond acceptors (Lipinski definition) is 3. The molecule has 0 bridgehead atoms. The van der Waals surface area contributed by atoms with Crippen LogP contribution in [0.3, 0.4) is 0 Å². The molecule has 20 heavy (non-hydrogen) atoms. The summed E-state index contributed by atoms with van der Waals surface area (Å²) in [6.07, 6.45) is 0.985. The van der Waals surface area contributed by atoms with E-state index in [4.69, 9.17) is 0 Å². The molecule has 1 aromatic carbocycles. The zero-order chi connectivity index (χ0) is 15.2. The van der Waals surface area contributed by atoms with Gasteiger partial charge in [-0.05, 0) is 37.3 Å². The summed E-state index contributed by atoms with van der Waals surface area (Å²) in [4.78, 5) is 0.490. The van der Waals surface area contributed by atoms with Gasteiger partial charge in [0.2, 0.25) is 0 Å². The lowest BCUT2D eigenvalue weighted by molar-refractivity contribution is 0.228. The molecule has 1 aliphatic heterocycles. The first-order chi connectivity index (χ1) is 9.00. The highest BCUT2D eigenvalue weighted by Gasteiger charge is 2.37. The molecule has 1 N–H and O–H groups in total. The van der Waals surface area contributed by atoms with Gasteiger partial charge in [-0.15, -0.1) is 0 Å². The van der Waals surface area contributed by atoms with E-state index in [9.17, 15) is 8.42 Å². The molecule has 1 atom stereocenters. The maximum absolute atomic E-state index is 12.2.